The molecule has 0 spiro atoms. The summed E-state index contributed by atoms with van der Waals surface area (Å²) in [6.45, 7) is 3.23. The fraction of sp³-hybridized carbons (Fsp3) is 0.300. The van der Waals surface area contributed by atoms with Crippen molar-refractivity contribution in [2.45, 2.75) is 25.8 Å². The summed E-state index contributed by atoms with van der Waals surface area (Å²) in [5, 5.41) is 4.65. The number of aryl methyl sites for hydroxylation is 1. The Balaban J connectivity index is 0.00000210. The monoisotopic (exact) mass is 386 g/mol. The van der Waals surface area contributed by atoms with Crippen LogP contribution in [0.2, 0.25) is 0 Å². The largest absolute Gasteiger partial charge is 0.460 e. The number of hydrogen-bond donors (Lipinski definition) is 1. The average molecular weight is 387 g/mol. The Morgan fingerprint density at radius 2 is 1.85 bits per heavy atom. The van der Waals surface area contributed by atoms with E-state index >= 15 is 0 Å². The molecule has 1 aliphatic rings. The fourth-order valence-electron chi connectivity index (χ4n) is 3.26. The van der Waals surface area contributed by atoms with Crippen molar-refractivity contribution in [2.75, 3.05) is 13.1 Å². The molecule has 0 aliphatic carbocycles. The molecule has 6 nitrogen and oxygen atoms in total. The summed E-state index contributed by atoms with van der Waals surface area (Å²) in [4.78, 5) is 15.0. The summed E-state index contributed by atoms with van der Waals surface area (Å²) >= 11 is 0. The lowest BCUT2D eigenvalue weighted by molar-refractivity contribution is 0.0715. The van der Waals surface area contributed by atoms with Crippen LogP contribution >= 0.6 is 12.4 Å². The van der Waals surface area contributed by atoms with Crippen LogP contribution < -0.4 is 5.73 Å². The molecule has 0 radical (unpaired) electrons. The van der Waals surface area contributed by atoms with E-state index < -0.39 is 0 Å². The zero-order chi connectivity index (χ0) is 18.1. The van der Waals surface area contributed by atoms with Crippen molar-refractivity contribution >= 4 is 18.3 Å². The number of nitrogens with two attached hydrogens (primary N) is 1. The molecule has 0 unspecified atom stereocenters. The SMILES string of the molecule is Cc1ccc(-c2nn(-c3ccccc3)cc2C(=O)N2CCC(N)CC2)o1.Cl. The number of benzene rings is 1. The highest BCUT2D eigenvalue weighted by Gasteiger charge is 2.27. The molecule has 4 rings (SSSR count). The van der Waals surface area contributed by atoms with Gasteiger partial charge in [-0.2, -0.15) is 5.10 Å². The van der Waals surface area contributed by atoms with E-state index in [9.17, 15) is 4.79 Å². The van der Waals surface area contributed by atoms with Crippen molar-refractivity contribution in [3.05, 3.63) is 60.0 Å². The number of piperidine rings is 1. The van der Waals surface area contributed by atoms with Gasteiger partial charge in [-0.3, -0.25) is 4.79 Å². The number of carbonyl (C=O) groups is 1. The summed E-state index contributed by atoms with van der Waals surface area (Å²) in [6.07, 6.45) is 3.45. The smallest absolute Gasteiger partial charge is 0.257 e. The number of likely N-dealkylation sites (tertiary alicyclic amines) is 1. The number of para-hydroxylation sites is 1. The molecule has 0 atom stereocenters. The van der Waals surface area contributed by atoms with E-state index in [1.807, 2.05) is 54.3 Å². The standard InChI is InChI=1S/C20H22N4O2.ClH/c1-14-7-8-18(26-14)19-17(20(25)23-11-9-15(21)10-12-23)13-24(22-19)16-5-3-2-4-6-16;/h2-8,13,15H,9-12,21H2,1H3;1H. The third kappa shape index (κ3) is 3.91. The molecule has 27 heavy (non-hydrogen) atoms. The molecule has 1 aliphatic heterocycles. The van der Waals surface area contributed by atoms with Gasteiger partial charge in [-0.15, -0.1) is 12.4 Å². The van der Waals surface area contributed by atoms with Gasteiger partial charge in [0.25, 0.3) is 5.91 Å². The number of furan rings is 1. The predicted octanol–water partition coefficient (Wildman–Crippen LogP) is 3.43. The average Bonchev–Trinajstić information content (AvgIpc) is 3.29. The van der Waals surface area contributed by atoms with Gasteiger partial charge in [0.15, 0.2) is 5.76 Å². The van der Waals surface area contributed by atoms with Crippen molar-refractivity contribution in [1.29, 1.82) is 0 Å². The van der Waals surface area contributed by atoms with Gasteiger partial charge in [-0.25, -0.2) is 4.68 Å². The summed E-state index contributed by atoms with van der Waals surface area (Å²) in [5.41, 5.74) is 8.00. The molecule has 1 amide bonds. The van der Waals surface area contributed by atoms with Crippen molar-refractivity contribution in [3.63, 3.8) is 0 Å². The second-order valence-corrected chi connectivity index (χ2v) is 6.71. The number of halogens is 1. The summed E-state index contributed by atoms with van der Waals surface area (Å²) in [5.74, 6) is 1.37. The van der Waals surface area contributed by atoms with Crippen molar-refractivity contribution in [1.82, 2.24) is 14.7 Å². The van der Waals surface area contributed by atoms with E-state index in [0.717, 1.165) is 24.3 Å². The van der Waals surface area contributed by atoms with Gasteiger partial charge in [0, 0.05) is 25.3 Å². The zero-order valence-electron chi connectivity index (χ0n) is 15.2. The number of aromatic nitrogens is 2. The Labute approximate surface area is 164 Å². The van der Waals surface area contributed by atoms with Crippen LogP contribution in [0.5, 0.6) is 0 Å². The molecular weight excluding hydrogens is 364 g/mol. The summed E-state index contributed by atoms with van der Waals surface area (Å²) in [6, 6.07) is 13.7. The van der Waals surface area contributed by atoms with Gasteiger partial charge in [0.05, 0.1) is 11.3 Å². The first-order chi connectivity index (χ1) is 12.6. The predicted molar refractivity (Wildman–Crippen MR) is 106 cm³/mol. The van der Waals surface area contributed by atoms with Crippen LogP contribution in [0.4, 0.5) is 0 Å². The third-order valence-electron chi connectivity index (χ3n) is 4.77. The highest BCUT2D eigenvalue weighted by molar-refractivity contribution is 5.99. The number of carbonyl (C=O) groups excluding carboxylic acids is 1. The van der Waals surface area contributed by atoms with Crippen LogP contribution in [0.3, 0.4) is 0 Å². The number of rotatable bonds is 3. The first-order valence-electron chi connectivity index (χ1n) is 8.88. The van der Waals surface area contributed by atoms with Crippen LogP contribution in [0.1, 0.15) is 29.0 Å². The summed E-state index contributed by atoms with van der Waals surface area (Å²) in [7, 11) is 0. The molecule has 1 fully saturated rings. The van der Waals surface area contributed by atoms with Gasteiger partial charge in [0.1, 0.15) is 11.5 Å². The van der Waals surface area contributed by atoms with Crippen LogP contribution in [-0.4, -0.2) is 39.7 Å². The Morgan fingerprint density at radius 1 is 1.15 bits per heavy atom. The molecule has 2 N–H and O–H groups in total. The number of nitrogens with zero attached hydrogens (tertiary/aromatic N) is 3. The van der Waals surface area contributed by atoms with E-state index in [2.05, 4.69) is 5.10 Å². The van der Waals surface area contributed by atoms with Crippen molar-refractivity contribution in [2.24, 2.45) is 5.73 Å². The lowest BCUT2D eigenvalue weighted by atomic mass is 10.0. The molecule has 3 heterocycles. The van der Waals surface area contributed by atoms with Crippen LogP contribution in [0.15, 0.2) is 53.1 Å². The normalized spacial score (nSPS) is 14.8. The minimum atomic E-state index is -0.0249. The molecule has 2 aromatic heterocycles. The Kier molecular flexibility index (Phi) is 5.68. The summed E-state index contributed by atoms with van der Waals surface area (Å²) < 4.78 is 7.48. The Bertz CT molecular complexity index is 911. The fourth-order valence-corrected chi connectivity index (χ4v) is 3.26. The maximum atomic E-state index is 13.1. The third-order valence-corrected chi connectivity index (χ3v) is 4.77. The van der Waals surface area contributed by atoms with Gasteiger partial charge >= 0.3 is 0 Å². The van der Waals surface area contributed by atoms with Gasteiger partial charge in [0.2, 0.25) is 0 Å². The molecule has 142 valence electrons. The molecule has 0 saturated carbocycles. The van der Waals surface area contributed by atoms with Crippen LogP contribution in [-0.2, 0) is 0 Å². The molecular formula is C20H23ClN4O2. The quantitative estimate of drug-likeness (QED) is 0.748. The lowest BCUT2D eigenvalue weighted by Crippen LogP contribution is -2.42. The number of amides is 1. The van der Waals surface area contributed by atoms with E-state index in [-0.39, 0.29) is 24.4 Å². The first kappa shape index (κ1) is 19.2. The van der Waals surface area contributed by atoms with Gasteiger partial charge in [-0.05, 0) is 44.0 Å². The highest BCUT2D eigenvalue weighted by atomic mass is 35.5. The Hall–Kier alpha value is -2.57. The second-order valence-electron chi connectivity index (χ2n) is 6.71. The molecule has 7 heteroatoms. The minimum absolute atomic E-state index is 0. The van der Waals surface area contributed by atoms with E-state index in [0.29, 0.717) is 30.1 Å². The van der Waals surface area contributed by atoms with Crippen LogP contribution in [0.25, 0.3) is 17.1 Å². The van der Waals surface area contributed by atoms with Gasteiger partial charge < -0.3 is 15.1 Å². The highest BCUT2D eigenvalue weighted by Crippen LogP contribution is 2.27. The van der Waals surface area contributed by atoms with Crippen molar-refractivity contribution < 1.29 is 9.21 Å². The van der Waals surface area contributed by atoms with E-state index in [4.69, 9.17) is 10.2 Å². The lowest BCUT2D eigenvalue weighted by Gasteiger charge is -2.30. The molecule has 3 aromatic rings. The maximum Gasteiger partial charge on any atom is 0.257 e. The zero-order valence-corrected chi connectivity index (χ0v) is 16.0. The maximum absolute atomic E-state index is 13.1. The number of hydrogen-bond acceptors (Lipinski definition) is 4. The topological polar surface area (TPSA) is 77.3 Å². The van der Waals surface area contributed by atoms with Crippen LogP contribution in [0, 0.1) is 6.92 Å². The van der Waals surface area contributed by atoms with E-state index in [1.54, 1.807) is 10.9 Å². The second kappa shape index (κ2) is 7.98. The van der Waals surface area contributed by atoms with E-state index in [1.165, 1.54) is 0 Å². The minimum Gasteiger partial charge on any atom is -0.460 e. The Morgan fingerprint density at radius 3 is 2.48 bits per heavy atom. The molecule has 1 saturated heterocycles. The molecule has 1 aromatic carbocycles. The molecule has 0 bridgehead atoms. The van der Waals surface area contributed by atoms with Gasteiger partial charge in [-0.1, -0.05) is 18.2 Å². The van der Waals surface area contributed by atoms with Crippen molar-refractivity contribution in [3.8, 4) is 17.1 Å². The first-order valence-corrected chi connectivity index (χ1v) is 8.88.